The standard InChI is InChI=1S/C29H43N5O11SSi2/c1-16(2)40-47(41-17(3)4)36-14-21-23(44-48(45-47,42-18(5)6)43-19(7)8)24(39-29(46)37-20-12-10-9-11-13-20)27(38-21)34-15-31-22-25(34)32-28(30)33-26(22)35/h9-13,15-19,21,23-24,27H,14H2,1-8H3,(H3,30,32,33,35)/t21-,23-,24-,27-/m1/s1/i33+1. The molecule has 3 aromatic rings. The Kier molecular flexibility index (Phi) is 11.4. The molecule has 2 fully saturated rings. The van der Waals surface area contributed by atoms with Crippen molar-refractivity contribution in [3.05, 3.63) is 47.0 Å². The van der Waals surface area contributed by atoms with Crippen LogP contribution in [0.25, 0.3) is 11.2 Å². The molecule has 2 aliphatic rings. The van der Waals surface area contributed by atoms with Crippen LogP contribution in [0.3, 0.4) is 0 Å². The second-order valence-electron chi connectivity index (χ2n) is 12.2. The molecule has 0 saturated carbocycles. The Bertz CT molecular complexity index is 1590. The van der Waals surface area contributed by atoms with Crippen molar-refractivity contribution < 1.29 is 44.9 Å². The number of aromatic nitrogens is 4. The van der Waals surface area contributed by atoms with Gasteiger partial charge in [-0.15, -0.1) is 0 Å². The number of benzene rings is 1. The van der Waals surface area contributed by atoms with E-state index in [2.05, 4.69) is 15.0 Å². The molecule has 4 atom stereocenters. The molecule has 2 aromatic heterocycles. The number of thiocarbonyl (C=S) groups is 1. The Morgan fingerprint density at radius 3 is 2.19 bits per heavy atom. The summed E-state index contributed by atoms with van der Waals surface area (Å²) < 4.78 is 65.7. The van der Waals surface area contributed by atoms with Gasteiger partial charge in [-0.25, -0.2) is 4.98 Å². The van der Waals surface area contributed by atoms with Gasteiger partial charge in [0.2, 0.25) is 5.95 Å². The number of rotatable bonds is 11. The van der Waals surface area contributed by atoms with Gasteiger partial charge in [0, 0.05) is 36.6 Å². The number of ether oxygens (including phenoxy) is 3. The van der Waals surface area contributed by atoms with Gasteiger partial charge < -0.3 is 50.6 Å². The van der Waals surface area contributed by atoms with E-state index in [1.165, 1.54) is 10.9 Å². The highest BCUT2D eigenvalue weighted by atomic mass is 32.1. The molecule has 0 unspecified atom stereocenters. The lowest BCUT2D eigenvalue weighted by atomic mass is 10.1. The number of nitrogens with two attached hydrogens (primary N) is 1. The number of hydrogen-bond acceptors (Lipinski definition) is 15. The highest BCUT2D eigenvalue weighted by Crippen LogP contribution is 2.41. The van der Waals surface area contributed by atoms with Crippen LogP contribution in [0, 0.1) is 0 Å². The summed E-state index contributed by atoms with van der Waals surface area (Å²) in [6.07, 6.45) is -4.14. The van der Waals surface area contributed by atoms with Crippen LogP contribution in [0.1, 0.15) is 61.6 Å². The number of anilines is 1. The molecule has 5 rings (SSSR count). The van der Waals surface area contributed by atoms with E-state index >= 15 is 0 Å². The molecule has 0 radical (unpaired) electrons. The fourth-order valence-electron chi connectivity index (χ4n) is 5.17. The Labute approximate surface area is 286 Å². The maximum atomic E-state index is 12.7. The van der Waals surface area contributed by atoms with Gasteiger partial charge in [0.1, 0.15) is 18.0 Å². The summed E-state index contributed by atoms with van der Waals surface area (Å²) in [6.45, 7) is 14.6. The topological polar surface area (TPSA) is 182 Å². The lowest BCUT2D eigenvalue weighted by molar-refractivity contribution is -0.147. The fourth-order valence-corrected chi connectivity index (χ4v) is 11.5. The monoisotopic (exact) mass is 726 g/mol. The first-order valence-corrected chi connectivity index (χ1v) is 19.4. The van der Waals surface area contributed by atoms with Crippen molar-refractivity contribution in [2.24, 2.45) is 0 Å². The maximum absolute atomic E-state index is 12.7. The fraction of sp³-hybridized carbons (Fsp3) is 0.586. The lowest BCUT2D eigenvalue weighted by Crippen LogP contribution is -2.68. The molecule has 2 saturated heterocycles. The van der Waals surface area contributed by atoms with Crippen molar-refractivity contribution in [1.82, 2.24) is 19.5 Å². The van der Waals surface area contributed by atoms with Gasteiger partial charge >= 0.3 is 23.3 Å². The van der Waals surface area contributed by atoms with E-state index in [9.17, 15) is 4.79 Å². The predicted molar refractivity (Wildman–Crippen MR) is 179 cm³/mol. The van der Waals surface area contributed by atoms with Crippen LogP contribution in [0.2, 0.25) is 0 Å². The molecule has 1 aromatic carbocycles. The molecule has 19 heteroatoms. The summed E-state index contributed by atoms with van der Waals surface area (Å²) in [4.78, 5) is 23.7. The van der Waals surface area contributed by atoms with Crippen LogP contribution in [-0.4, -0.2) is 92.2 Å². The molecule has 0 bridgehead atoms. The SMILES string of the molecule is CC(C)O[Si]1(OC(C)C)OC[C@H]2O[C@@H](n3cnc4c(=O)[15nH]c(N)nc43)[C@H](OC(=S)Oc3ccccc3)[C@@H]2O[Si](OC(C)C)(OC(C)C)O1. The van der Waals surface area contributed by atoms with E-state index in [4.69, 9.17) is 62.8 Å². The van der Waals surface area contributed by atoms with Crippen molar-refractivity contribution in [3.63, 3.8) is 0 Å². The molecule has 0 spiro atoms. The second-order valence-corrected chi connectivity index (χ2v) is 16.9. The molecule has 2 aliphatic heterocycles. The largest absolute Gasteiger partial charge is 0.674 e. The van der Waals surface area contributed by atoms with Gasteiger partial charge in [0.05, 0.1) is 12.9 Å². The Balaban J connectivity index is 1.62. The summed E-state index contributed by atoms with van der Waals surface area (Å²) in [5.74, 6) is 0.345. The van der Waals surface area contributed by atoms with Gasteiger partial charge in [0.15, 0.2) is 23.5 Å². The molecule has 48 heavy (non-hydrogen) atoms. The molecular formula is C29H43N5O11SSi2. The first-order chi connectivity index (χ1) is 22.7. The predicted octanol–water partition coefficient (Wildman–Crippen LogP) is 3.35. The molecule has 0 amide bonds. The van der Waals surface area contributed by atoms with E-state index in [0.717, 1.165) is 0 Å². The van der Waals surface area contributed by atoms with Crippen molar-refractivity contribution in [2.45, 2.75) is 104 Å². The summed E-state index contributed by atoms with van der Waals surface area (Å²) >= 11 is 5.56. The first-order valence-electron chi connectivity index (χ1n) is 15.7. The van der Waals surface area contributed by atoms with Gasteiger partial charge in [-0.2, -0.15) is 4.98 Å². The molecule has 0 aliphatic carbocycles. The zero-order valence-corrected chi connectivity index (χ0v) is 30.9. The normalized spacial score (nSPS) is 23.8. The number of nitrogens with one attached hydrogen (secondary N) is 1. The highest BCUT2D eigenvalue weighted by Gasteiger charge is 2.67. The summed E-state index contributed by atoms with van der Waals surface area (Å²) in [7, 11) is -8.32. The third kappa shape index (κ3) is 8.48. The van der Waals surface area contributed by atoms with Crippen LogP contribution in [0.15, 0.2) is 41.5 Å². The van der Waals surface area contributed by atoms with E-state index in [-0.39, 0.29) is 41.2 Å². The molecule has 4 heterocycles. The minimum atomic E-state index is -4.27. The number of hydrogen-bond donors (Lipinski definition) is 2. The average molecular weight is 727 g/mol. The Morgan fingerprint density at radius 1 is 0.979 bits per heavy atom. The molecule has 3 N–H and O–H groups in total. The van der Waals surface area contributed by atoms with Crippen LogP contribution in [0.4, 0.5) is 5.95 Å². The Hall–Kier alpha value is -2.83. The number of nitrogens with zero attached hydrogens (tertiary/aromatic N) is 3. The van der Waals surface area contributed by atoms with E-state index < -0.39 is 60.4 Å². The minimum absolute atomic E-state index is 0.0385. The van der Waals surface area contributed by atoms with Gasteiger partial charge in [0.25, 0.3) is 5.56 Å². The van der Waals surface area contributed by atoms with E-state index in [0.29, 0.717) is 5.75 Å². The third-order valence-electron chi connectivity index (χ3n) is 6.66. The van der Waals surface area contributed by atoms with Crippen molar-refractivity contribution in [2.75, 3.05) is 12.3 Å². The summed E-state index contributed by atoms with van der Waals surface area (Å²) in [5.41, 5.74) is 5.57. The van der Waals surface area contributed by atoms with Crippen molar-refractivity contribution >= 4 is 52.7 Å². The zero-order chi connectivity index (χ0) is 34.8. The summed E-state index contributed by atoms with van der Waals surface area (Å²) in [5, 5.41) is -0.223. The first kappa shape index (κ1) is 36.5. The number of imidazole rings is 1. The summed E-state index contributed by atoms with van der Waals surface area (Å²) in [6, 6.07) is 8.91. The van der Waals surface area contributed by atoms with Gasteiger partial charge in [-0.3, -0.25) is 14.3 Å². The second kappa shape index (κ2) is 15.0. The van der Waals surface area contributed by atoms with Crippen LogP contribution < -0.4 is 16.0 Å². The van der Waals surface area contributed by atoms with Crippen LogP contribution in [-0.2, 0) is 40.1 Å². The molecule has 16 nitrogen and oxygen atoms in total. The maximum Gasteiger partial charge on any atom is 0.674 e. The highest BCUT2D eigenvalue weighted by molar-refractivity contribution is 7.79. The number of fused-ring (bicyclic) bond motifs is 2. The number of nitrogen functional groups attached to an aromatic ring is 1. The van der Waals surface area contributed by atoms with Crippen LogP contribution >= 0.6 is 12.2 Å². The van der Waals surface area contributed by atoms with Crippen molar-refractivity contribution in [3.8, 4) is 5.75 Å². The smallest absolute Gasteiger partial charge is 0.446 e. The third-order valence-corrected chi connectivity index (χ3v) is 13.0. The minimum Gasteiger partial charge on any atom is -0.446 e. The lowest BCUT2D eigenvalue weighted by Gasteiger charge is -2.42. The van der Waals surface area contributed by atoms with Crippen LogP contribution in [0.5, 0.6) is 5.75 Å². The number of para-hydroxylation sites is 1. The quantitative estimate of drug-likeness (QED) is 0.217. The number of aromatic amines is 1. The Morgan fingerprint density at radius 2 is 1.58 bits per heavy atom. The average Bonchev–Trinajstić information content (AvgIpc) is 3.51. The van der Waals surface area contributed by atoms with E-state index in [1.54, 1.807) is 24.3 Å². The van der Waals surface area contributed by atoms with Gasteiger partial charge in [-0.1, -0.05) is 18.2 Å². The zero-order valence-electron chi connectivity index (χ0n) is 28.1. The number of H-pyrrole nitrogens is 1. The molecular weight excluding hydrogens is 684 g/mol. The van der Waals surface area contributed by atoms with Gasteiger partial charge in [-0.05, 0) is 67.5 Å². The van der Waals surface area contributed by atoms with Crippen molar-refractivity contribution in [1.29, 1.82) is 0 Å². The molecule has 264 valence electrons. The van der Waals surface area contributed by atoms with E-state index in [1.807, 2.05) is 61.5 Å².